The fourth-order valence-corrected chi connectivity index (χ4v) is 3.72. The highest BCUT2D eigenvalue weighted by Crippen LogP contribution is 2.35. The zero-order valence-electron chi connectivity index (χ0n) is 20.1. The molecule has 186 valence electrons. The van der Waals surface area contributed by atoms with Crippen LogP contribution in [-0.4, -0.2) is 32.4 Å². The summed E-state index contributed by atoms with van der Waals surface area (Å²) in [4.78, 5) is 17.4. The van der Waals surface area contributed by atoms with E-state index in [1.807, 2.05) is 67.6 Å². The van der Waals surface area contributed by atoms with Gasteiger partial charge in [-0.25, -0.2) is 4.68 Å². The topological polar surface area (TPSA) is 133 Å². The number of ether oxygens (including phenoxy) is 1. The van der Waals surface area contributed by atoms with Crippen LogP contribution >= 0.6 is 0 Å². The van der Waals surface area contributed by atoms with E-state index < -0.39 is 0 Å². The van der Waals surface area contributed by atoms with Crippen molar-refractivity contribution in [2.24, 2.45) is 0 Å². The smallest absolute Gasteiger partial charge is 0.265 e. The SMILES string of the molecule is CCOc1ccc(NC(=O)Cn2nc(Nc3ccccc3)c(-c3nc(-c4ccccc4)no3)c2N)cc1. The number of hydrogen-bond donors (Lipinski definition) is 3. The number of benzene rings is 3. The van der Waals surface area contributed by atoms with E-state index in [2.05, 4.69) is 25.9 Å². The molecule has 2 aromatic heterocycles. The van der Waals surface area contributed by atoms with Crippen molar-refractivity contribution in [3.8, 4) is 28.6 Å². The second-order valence-corrected chi connectivity index (χ2v) is 8.05. The molecular formula is C27H25N7O3. The minimum absolute atomic E-state index is 0.123. The van der Waals surface area contributed by atoms with Crippen molar-refractivity contribution in [1.82, 2.24) is 19.9 Å². The molecular weight excluding hydrogens is 470 g/mol. The molecule has 0 radical (unpaired) electrons. The molecule has 37 heavy (non-hydrogen) atoms. The Morgan fingerprint density at radius 3 is 2.38 bits per heavy atom. The highest BCUT2D eigenvalue weighted by Gasteiger charge is 2.24. The Morgan fingerprint density at radius 1 is 0.973 bits per heavy atom. The molecule has 0 spiro atoms. The predicted molar refractivity (Wildman–Crippen MR) is 141 cm³/mol. The number of hydrogen-bond acceptors (Lipinski definition) is 8. The molecule has 0 fully saturated rings. The third-order valence-corrected chi connectivity index (χ3v) is 5.44. The Kier molecular flexibility index (Phi) is 6.80. The van der Waals surface area contributed by atoms with E-state index in [4.69, 9.17) is 15.0 Å². The van der Waals surface area contributed by atoms with Crippen molar-refractivity contribution in [1.29, 1.82) is 0 Å². The van der Waals surface area contributed by atoms with Crippen molar-refractivity contribution >= 4 is 28.9 Å². The van der Waals surface area contributed by atoms with Gasteiger partial charge in [-0.1, -0.05) is 53.7 Å². The van der Waals surface area contributed by atoms with Gasteiger partial charge in [-0.05, 0) is 43.3 Å². The predicted octanol–water partition coefficient (Wildman–Crippen LogP) is 4.96. The minimum atomic E-state index is -0.299. The normalized spacial score (nSPS) is 10.7. The van der Waals surface area contributed by atoms with Gasteiger partial charge < -0.3 is 25.6 Å². The van der Waals surface area contributed by atoms with Crippen molar-refractivity contribution < 1.29 is 14.1 Å². The molecule has 3 aromatic carbocycles. The highest BCUT2D eigenvalue weighted by molar-refractivity contribution is 5.91. The van der Waals surface area contributed by atoms with Crippen LogP contribution in [0.2, 0.25) is 0 Å². The Hall–Kier alpha value is -5.12. The fraction of sp³-hybridized carbons (Fsp3) is 0.111. The molecule has 0 saturated carbocycles. The monoisotopic (exact) mass is 495 g/mol. The fourth-order valence-electron chi connectivity index (χ4n) is 3.72. The number of aromatic nitrogens is 4. The largest absolute Gasteiger partial charge is 0.494 e. The summed E-state index contributed by atoms with van der Waals surface area (Å²) in [5, 5.41) is 14.7. The third-order valence-electron chi connectivity index (χ3n) is 5.44. The Bertz CT molecular complexity index is 1480. The van der Waals surface area contributed by atoms with Gasteiger partial charge in [-0.15, -0.1) is 0 Å². The molecule has 1 amide bonds. The first-order valence-corrected chi connectivity index (χ1v) is 11.7. The van der Waals surface area contributed by atoms with Gasteiger partial charge in [-0.2, -0.15) is 10.1 Å². The number of anilines is 4. The number of rotatable bonds is 9. The summed E-state index contributed by atoms with van der Waals surface area (Å²) in [6.45, 7) is 2.36. The number of nitrogens with one attached hydrogen (secondary N) is 2. The molecule has 0 bridgehead atoms. The van der Waals surface area contributed by atoms with Gasteiger partial charge in [0.25, 0.3) is 5.89 Å². The number of carbonyl (C=O) groups is 1. The van der Waals surface area contributed by atoms with Crippen LogP contribution in [0.1, 0.15) is 6.92 Å². The van der Waals surface area contributed by atoms with Crippen LogP contribution in [0.5, 0.6) is 5.75 Å². The van der Waals surface area contributed by atoms with E-state index in [1.165, 1.54) is 4.68 Å². The van der Waals surface area contributed by atoms with E-state index in [0.717, 1.165) is 17.0 Å². The van der Waals surface area contributed by atoms with Gasteiger partial charge in [0.2, 0.25) is 11.7 Å². The number of nitrogen functional groups attached to an aromatic ring is 1. The summed E-state index contributed by atoms with van der Waals surface area (Å²) in [5.41, 5.74) is 9.10. The van der Waals surface area contributed by atoms with Gasteiger partial charge in [0.05, 0.1) is 6.61 Å². The number of carbonyl (C=O) groups excluding carboxylic acids is 1. The lowest BCUT2D eigenvalue weighted by atomic mass is 10.2. The second kappa shape index (κ2) is 10.6. The average molecular weight is 496 g/mol. The van der Waals surface area contributed by atoms with Crippen LogP contribution in [0, 0.1) is 0 Å². The lowest BCUT2D eigenvalue weighted by molar-refractivity contribution is -0.116. The summed E-state index contributed by atoms with van der Waals surface area (Å²) >= 11 is 0. The van der Waals surface area contributed by atoms with Crippen molar-refractivity contribution in [2.75, 3.05) is 23.0 Å². The van der Waals surface area contributed by atoms with Crippen LogP contribution in [0.4, 0.5) is 23.0 Å². The van der Waals surface area contributed by atoms with Crippen LogP contribution in [0.3, 0.4) is 0 Å². The van der Waals surface area contributed by atoms with Crippen molar-refractivity contribution in [2.45, 2.75) is 13.5 Å². The molecule has 0 aliphatic carbocycles. The molecule has 5 aromatic rings. The van der Waals surface area contributed by atoms with Crippen LogP contribution in [0.15, 0.2) is 89.5 Å². The molecule has 0 atom stereocenters. The first-order chi connectivity index (χ1) is 18.1. The summed E-state index contributed by atoms with van der Waals surface area (Å²) in [6.07, 6.45) is 0. The van der Waals surface area contributed by atoms with Crippen molar-refractivity contribution in [3.05, 3.63) is 84.9 Å². The number of para-hydroxylation sites is 1. The van der Waals surface area contributed by atoms with Crippen molar-refractivity contribution in [3.63, 3.8) is 0 Å². The Labute approximate surface area is 213 Å². The zero-order valence-corrected chi connectivity index (χ0v) is 20.1. The summed E-state index contributed by atoms with van der Waals surface area (Å²) in [6, 6.07) is 26.1. The highest BCUT2D eigenvalue weighted by atomic mass is 16.5. The van der Waals surface area contributed by atoms with E-state index in [1.54, 1.807) is 24.3 Å². The molecule has 0 saturated heterocycles. The van der Waals surface area contributed by atoms with Gasteiger partial charge in [0.1, 0.15) is 23.7 Å². The van der Waals surface area contributed by atoms with Gasteiger partial charge in [0, 0.05) is 16.9 Å². The number of nitrogens with two attached hydrogens (primary N) is 1. The zero-order chi connectivity index (χ0) is 25.6. The quantitative estimate of drug-likeness (QED) is 0.261. The summed E-state index contributed by atoms with van der Waals surface area (Å²) in [7, 11) is 0. The van der Waals surface area contributed by atoms with E-state index >= 15 is 0 Å². The van der Waals surface area contributed by atoms with E-state index in [-0.39, 0.29) is 24.2 Å². The maximum Gasteiger partial charge on any atom is 0.265 e. The molecule has 0 aliphatic rings. The summed E-state index contributed by atoms with van der Waals surface area (Å²) in [5.74, 6) is 1.64. The van der Waals surface area contributed by atoms with Crippen LogP contribution < -0.4 is 21.1 Å². The number of nitrogens with zero attached hydrogens (tertiary/aromatic N) is 4. The van der Waals surface area contributed by atoms with E-state index in [9.17, 15) is 4.79 Å². The van der Waals surface area contributed by atoms with E-state index in [0.29, 0.717) is 29.5 Å². The van der Waals surface area contributed by atoms with Gasteiger partial charge >= 0.3 is 0 Å². The lowest BCUT2D eigenvalue weighted by Gasteiger charge is -2.08. The maximum absolute atomic E-state index is 12.8. The summed E-state index contributed by atoms with van der Waals surface area (Å²) < 4.78 is 12.4. The van der Waals surface area contributed by atoms with Gasteiger partial charge in [0.15, 0.2) is 5.82 Å². The Morgan fingerprint density at radius 2 is 1.68 bits per heavy atom. The molecule has 0 unspecified atom stereocenters. The van der Waals surface area contributed by atoms with Crippen LogP contribution in [-0.2, 0) is 11.3 Å². The molecule has 0 aliphatic heterocycles. The molecule has 10 nitrogen and oxygen atoms in total. The van der Waals surface area contributed by atoms with Gasteiger partial charge in [-0.3, -0.25) is 4.79 Å². The minimum Gasteiger partial charge on any atom is -0.494 e. The standard InChI is InChI=1S/C27H25N7O3/c1-2-36-21-15-13-20(14-16-21)29-22(35)17-34-24(28)23(26(32-34)30-19-11-7-4-8-12-19)27-31-25(33-37-27)18-9-5-3-6-10-18/h3-16H,2,17,28H2,1H3,(H,29,35)(H,30,32). The molecule has 5 rings (SSSR count). The molecule has 2 heterocycles. The Balaban J connectivity index is 1.43. The third kappa shape index (κ3) is 5.43. The average Bonchev–Trinajstić information content (AvgIpc) is 3.51. The molecule has 4 N–H and O–H groups in total. The number of amides is 1. The lowest BCUT2D eigenvalue weighted by Crippen LogP contribution is -2.20. The maximum atomic E-state index is 12.8. The second-order valence-electron chi connectivity index (χ2n) is 8.05. The molecule has 10 heteroatoms. The first kappa shape index (κ1) is 23.6. The first-order valence-electron chi connectivity index (χ1n) is 11.7. The van der Waals surface area contributed by atoms with Crippen LogP contribution in [0.25, 0.3) is 22.8 Å².